The topological polar surface area (TPSA) is 277 Å². The van der Waals surface area contributed by atoms with E-state index in [1.807, 2.05) is 140 Å². The number of ether oxygens (including phenoxy) is 1. The van der Waals surface area contributed by atoms with Crippen LogP contribution < -0.4 is 4.74 Å². The van der Waals surface area contributed by atoms with E-state index in [9.17, 15) is 25.3 Å². The molecule has 330 valence electrons. The standard InChI is InChI=1S/C13H10N2O.2C12H8N2.C2H6O4S.2CH4O4S/c1-16-12-8-4-7-11-13(12)15-10-6-3-2-5-9(10)14-11;2*1-2-6-10-9(5-1)13-11-7-3-4-8-12(11)14-10;1-2-6-7(3,4)5;2*1-5-6(2,3)4/h2-8H,1H3;2*1-8H;2H2,1H3,(H,3,4,5);2*1H3,(H,2,3,4). The Balaban J connectivity index is 0.000000174. The van der Waals surface area contributed by atoms with Crippen LogP contribution in [-0.4, -0.2) is 96.8 Å². The summed E-state index contributed by atoms with van der Waals surface area (Å²) in [6.45, 7) is 1.44. The number of para-hydroxylation sites is 11. The second-order valence-electron chi connectivity index (χ2n) is 12.0. The summed E-state index contributed by atoms with van der Waals surface area (Å²) in [7, 11) is -9.11. The summed E-state index contributed by atoms with van der Waals surface area (Å²) >= 11 is 0. The molecule has 63 heavy (non-hydrogen) atoms. The molecule has 0 radical (unpaired) electrons. The van der Waals surface area contributed by atoms with Gasteiger partial charge in [0.15, 0.2) is 0 Å². The number of benzene rings is 6. The fourth-order valence-electron chi connectivity index (χ4n) is 5.06. The Hall–Kier alpha value is -6.47. The third-order valence-electron chi connectivity index (χ3n) is 7.73. The molecule has 0 aliphatic rings. The lowest BCUT2D eigenvalue weighted by Crippen LogP contribution is -2.01. The molecule has 6 aromatic carbocycles. The first-order valence-corrected chi connectivity index (χ1v) is 22.1. The summed E-state index contributed by atoms with van der Waals surface area (Å²) in [5.74, 6) is 0.760. The van der Waals surface area contributed by atoms with E-state index in [1.165, 1.54) is 6.92 Å². The van der Waals surface area contributed by atoms with Crippen LogP contribution in [0.25, 0.3) is 66.2 Å². The quantitative estimate of drug-likeness (QED) is 0.115. The van der Waals surface area contributed by atoms with E-state index in [0.717, 1.165) is 86.2 Å². The van der Waals surface area contributed by atoms with Gasteiger partial charge in [-0.25, -0.2) is 34.1 Å². The molecule has 22 heteroatoms. The molecule has 0 saturated carbocycles. The van der Waals surface area contributed by atoms with Crippen LogP contribution in [0.3, 0.4) is 0 Å². The predicted octanol–water partition coefficient (Wildman–Crippen LogP) is 7.05. The third kappa shape index (κ3) is 16.4. The van der Waals surface area contributed by atoms with Gasteiger partial charge in [-0.15, -0.1) is 0 Å². The van der Waals surface area contributed by atoms with Crippen molar-refractivity contribution >= 4 is 97.4 Å². The molecule has 19 nitrogen and oxygen atoms in total. The van der Waals surface area contributed by atoms with Crippen molar-refractivity contribution in [2.75, 3.05) is 27.9 Å². The molecule has 0 atom stereocenters. The van der Waals surface area contributed by atoms with Crippen molar-refractivity contribution in [1.82, 2.24) is 29.9 Å². The smallest absolute Gasteiger partial charge is 0.397 e. The molecule has 0 fully saturated rings. The van der Waals surface area contributed by atoms with E-state index in [1.54, 1.807) is 7.11 Å². The van der Waals surface area contributed by atoms with Crippen molar-refractivity contribution < 1.29 is 56.2 Å². The summed E-state index contributed by atoms with van der Waals surface area (Å²) < 4.78 is 95.3. The van der Waals surface area contributed by atoms with Crippen molar-refractivity contribution in [2.24, 2.45) is 0 Å². The molecule has 0 aliphatic heterocycles. The summed E-state index contributed by atoms with van der Waals surface area (Å²) in [6.07, 6.45) is 0. The molecule has 0 unspecified atom stereocenters. The maximum Gasteiger partial charge on any atom is 0.397 e. The predicted molar refractivity (Wildman–Crippen MR) is 238 cm³/mol. The lowest BCUT2D eigenvalue weighted by Gasteiger charge is -2.04. The van der Waals surface area contributed by atoms with E-state index >= 15 is 0 Å². The van der Waals surface area contributed by atoms with Gasteiger partial charge in [0, 0.05) is 0 Å². The van der Waals surface area contributed by atoms with Crippen LogP contribution in [-0.2, 0) is 43.7 Å². The zero-order chi connectivity index (χ0) is 46.0. The van der Waals surface area contributed by atoms with Gasteiger partial charge in [-0.1, -0.05) is 66.7 Å². The van der Waals surface area contributed by atoms with Crippen molar-refractivity contribution in [2.45, 2.75) is 6.92 Å². The first-order valence-electron chi connectivity index (χ1n) is 18.0. The number of rotatable bonds is 5. The average molecular weight is 921 g/mol. The Morgan fingerprint density at radius 1 is 0.381 bits per heavy atom. The summed E-state index contributed by atoms with van der Waals surface area (Å²) in [5, 5.41) is 0. The van der Waals surface area contributed by atoms with Gasteiger partial charge in [0.05, 0.1) is 88.6 Å². The Bertz CT molecular complexity index is 2920. The van der Waals surface area contributed by atoms with Crippen molar-refractivity contribution in [1.29, 1.82) is 0 Å². The number of aromatic nitrogens is 6. The zero-order valence-corrected chi connectivity index (χ0v) is 36.3. The lowest BCUT2D eigenvalue weighted by molar-refractivity contribution is 0.283. The average Bonchev–Trinajstić information content (AvgIpc) is 3.27. The normalized spacial score (nSPS) is 11.1. The highest BCUT2D eigenvalue weighted by Crippen LogP contribution is 2.24. The van der Waals surface area contributed by atoms with E-state index < -0.39 is 31.2 Å². The Kier molecular flexibility index (Phi) is 18.0. The van der Waals surface area contributed by atoms with Crippen molar-refractivity contribution in [3.63, 3.8) is 0 Å². The molecule has 0 bridgehead atoms. The van der Waals surface area contributed by atoms with E-state index in [0.29, 0.717) is 0 Å². The minimum absolute atomic E-state index is 0.0289. The number of nitrogens with zero attached hydrogens (tertiary/aromatic N) is 6. The van der Waals surface area contributed by atoms with Crippen LogP contribution in [0.5, 0.6) is 5.75 Å². The van der Waals surface area contributed by atoms with Crippen LogP contribution >= 0.6 is 0 Å². The summed E-state index contributed by atoms with van der Waals surface area (Å²) in [5.41, 5.74) is 11.1. The highest BCUT2D eigenvalue weighted by molar-refractivity contribution is 7.81. The molecule has 3 heterocycles. The molecule has 9 aromatic rings. The first kappa shape index (κ1) is 49.2. The van der Waals surface area contributed by atoms with Gasteiger partial charge in [-0.2, -0.15) is 25.3 Å². The Morgan fingerprint density at radius 3 is 0.825 bits per heavy atom. The molecular formula is C41H40N6O13S3. The fourth-order valence-corrected chi connectivity index (χ4v) is 5.36. The molecule has 0 saturated heterocycles. The largest absolute Gasteiger partial charge is 0.494 e. The first-order chi connectivity index (χ1) is 29.9. The third-order valence-corrected chi connectivity index (χ3v) is 9.11. The molecular weight excluding hydrogens is 881 g/mol. The van der Waals surface area contributed by atoms with Gasteiger partial charge in [0.1, 0.15) is 11.3 Å². The number of fused-ring (bicyclic) bond motifs is 6. The van der Waals surface area contributed by atoms with Gasteiger partial charge in [0.25, 0.3) is 0 Å². The molecule has 0 spiro atoms. The minimum Gasteiger partial charge on any atom is -0.494 e. The zero-order valence-electron chi connectivity index (χ0n) is 33.8. The van der Waals surface area contributed by atoms with Crippen LogP contribution in [0, 0.1) is 0 Å². The Morgan fingerprint density at radius 2 is 0.619 bits per heavy atom. The van der Waals surface area contributed by atoms with Gasteiger partial charge in [-0.05, 0) is 79.7 Å². The maximum absolute atomic E-state index is 9.56. The molecule has 3 N–H and O–H groups in total. The van der Waals surface area contributed by atoms with Crippen LogP contribution in [0.15, 0.2) is 140 Å². The summed E-state index contributed by atoms with van der Waals surface area (Å²) in [6, 6.07) is 45.3. The van der Waals surface area contributed by atoms with E-state index in [2.05, 4.69) is 42.5 Å². The molecule has 3 aromatic heterocycles. The van der Waals surface area contributed by atoms with Crippen LogP contribution in [0.2, 0.25) is 0 Å². The second kappa shape index (κ2) is 23.1. The Labute approximate surface area is 362 Å². The van der Waals surface area contributed by atoms with E-state index in [-0.39, 0.29) is 6.61 Å². The van der Waals surface area contributed by atoms with Crippen molar-refractivity contribution in [3.05, 3.63) is 140 Å². The second-order valence-corrected chi connectivity index (χ2v) is 15.4. The fraction of sp³-hybridized carbons (Fsp3) is 0.122. The summed E-state index contributed by atoms with van der Waals surface area (Å²) in [4.78, 5) is 27.2. The molecule has 0 aliphatic carbocycles. The van der Waals surface area contributed by atoms with Crippen LogP contribution in [0.1, 0.15) is 6.92 Å². The number of hydrogen-bond donors (Lipinski definition) is 3. The minimum atomic E-state index is -4.17. The van der Waals surface area contributed by atoms with Gasteiger partial charge >= 0.3 is 31.2 Å². The van der Waals surface area contributed by atoms with Crippen LogP contribution in [0.4, 0.5) is 0 Å². The maximum atomic E-state index is 9.56. The number of hydrogen-bond acceptors (Lipinski definition) is 16. The highest BCUT2D eigenvalue weighted by Gasteiger charge is 2.06. The number of methoxy groups -OCH3 is 1. The van der Waals surface area contributed by atoms with Gasteiger partial charge < -0.3 is 4.74 Å². The van der Waals surface area contributed by atoms with E-state index in [4.69, 9.17) is 18.4 Å². The molecule has 0 amide bonds. The SMILES string of the molecule is CCOS(=O)(=O)O.COS(=O)(=O)O.COS(=O)(=O)O.COc1cccc2nc3ccccc3nc12.c1ccc2nc3ccccc3nc2c1.c1ccc2nc3ccccc3nc2c1. The van der Waals surface area contributed by atoms with Gasteiger partial charge in [-0.3, -0.25) is 22.0 Å². The van der Waals surface area contributed by atoms with Gasteiger partial charge in [0.2, 0.25) is 0 Å². The monoisotopic (exact) mass is 920 g/mol. The van der Waals surface area contributed by atoms with Crippen molar-refractivity contribution in [3.8, 4) is 5.75 Å². The lowest BCUT2D eigenvalue weighted by atomic mass is 10.2. The highest BCUT2D eigenvalue weighted by atomic mass is 32.3. The molecule has 9 rings (SSSR count).